The maximum absolute atomic E-state index is 4.45. The van der Waals surface area contributed by atoms with Gasteiger partial charge in [0, 0.05) is 11.1 Å². The zero-order valence-electron chi connectivity index (χ0n) is 10.4. The van der Waals surface area contributed by atoms with Crippen LogP contribution in [0, 0.1) is 6.92 Å². The SMILES string of the molecule is Cc1nc(CSc2ncn(-c3ccccc3)n2)cs1. The molecule has 96 valence electrons. The highest BCUT2D eigenvalue weighted by Crippen LogP contribution is 2.20. The molecular weight excluding hydrogens is 276 g/mol. The third-order valence-electron chi connectivity index (χ3n) is 2.51. The molecule has 0 aliphatic heterocycles. The van der Waals surface area contributed by atoms with E-state index < -0.39 is 0 Å². The second-order valence-electron chi connectivity index (χ2n) is 3.95. The summed E-state index contributed by atoms with van der Waals surface area (Å²) in [6, 6.07) is 9.98. The van der Waals surface area contributed by atoms with E-state index in [2.05, 4.69) is 20.4 Å². The molecule has 0 unspecified atom stereocenters. The molecular formula is C13H12N4S2. The van der Waals surface area contributed by atoms with Gasteiger partial charge in [-0.05, 0) is 19.1 Å². The molecule has 3 rings (SSSR count). The van der Waals surface area contributed by atoms with Gasteiger partial charge in [0.1, 0.15) is 6.33 Å². The highest BCUT2D eigenvalue weighted by Gasteiger charge is 2.05. The lowest BCUT2D eigenvalue weighted by atomic mass is 10.3. The van der Waals surface area contributed by atoms with Gasteiger partial charge in [-0.3, -0.25) is 0 Å². The topological polar surface area (TPSA) is 43.6 Å². The number of hydrogen-bond acceptors (Lipinski definition) is 5. The van der Waals surface area contributed by atoms with E-state index in [-0.39, 0.29) is 0 Å². The van der Waals surface area contributed by atoms with Gasteiger partial charge in [-0.15, -0.1) is 16.4 Å². The van der Waals surface area contributed by atoms with Gasteiger partial charge >= 0.3 is 0 Å². The van der Waals surface area contributed by atoms with Gasteiger partial charge in [0.15, 0.2) is 0 Å². The predicted molar refractivity (Wildman–Crippen MR) is 77.8 cm³/mol. The second-order valence-corrected chi connectivity index (χ2v) is 5.96. The van der Waals surface area contributed by atoms with Gasteiger partial charge in [-0.1, -0.05) is 30.0 Å². The highest BCUT2D eigenvalue weighted by atomic mass is 32.2. The minimum Gasteiger partial charge on any atom is -0.246 e. The fourth-order valence-corrected chi connectivity index (χ4v) is 3.04. The van der Waals surface area contributed by atoms with Crippen LogP contribution in [0.4, 0.5) is 0 Å². The predicted octanol–water partition coefficient (Wildman–Crippen LogP) is 3.32. The van der Waals surface area contributed by atoms with Crippen molar-refractivity contribution >= 4 is 23.1 Å². The van der Waals surface area contributed by atoms with Crippen LogP contribution in [0.1, 0.15) is 10.7 Å². The monoisotopic (exact) mass is 288 g/mol. The molecule has 3 aromatic rings. The van der Waals surface area contributed by atoms with Crippen molar-refractivity contribution < 1.29 is 0 Å². The summed E-state index contributed by atoms with van der Waals surface area (Å²) >= 11 is 3.27. The Morgan fingerprint density at radius 2 is 2.11 bits per heavy atom. The first kappa shape index (κ1) is 12.4. The third-order valence-corrected chi connectivity index (χ3v) is 4.21. The van der Waals surface area contributed by atoms with Crippen molar-refractivity contribution in [3.8, 4) is 5.69 Å². The molecule has 0 fully saturated rings. The molecule has 0 amide bonds. The molecule has 2 aromatic heterocycles. The summed E-state index contributed by atoms with van der Waals surface area (Å²) in [5, 5.41) is 8.39. The number of nitrogens with zero attached hydrogens (tertiary/aromatic N) is 4. The average molecular weight is 288 g/mol. The number of aryl methyl sites for hydroxylation is 1. The minimum atomic E-state index is 0.773. The Kier molecular flexibility index (Phi) is 3.61. The Labute approximate surface area is 119 Å². The number of rotatable bonds is 4. The summed E-state index contributed by atoms with van der Waals surface area (Å²) in [5.74, 6) is 0.809. The lowest BCUT2D eigenvalue weighted by Gasteiger charge is -1.97. The zero-order chi connectivity index (χ0) is 13.1. The van der Waals surface area contributed by atoms with Crippen LogP contribution in [0.3, 0.4) is 0 Å². The first-order chi connectivity index (χ1) is 9.31. The van der Waals surface area contributed by atoms with E-state index in [0.29, 0.717) is 0 Å². The fourth-order valence-electron chi connectivity index (χ4n) is 1.63. The van der Waals surface area contributed by atoms with Crippen molar-refractivity contribution in [2.24, 2.45) is 0 Å². The normalized spacial score (nSPS) is 10.8. The summed E-state index contributed by atoms with van der Waals surface area (Å²) in [4.78, 5) is 8.73. The number of hydrogen-bond donors (Lipinski definition) is 0. The summed E-state index contributed by atoms with van der Waals surface area (Å²) in [6.45, 7) is 2.02. The van der Waals surface area contributed by atoms with Crippen LogP contribution < -0.4 is 0 Å². The molecule has 1 aromatic carbocycles. The van der Waals surface area contributed by atoms with Crippen LogP contribution in [-0.4, -0.2) is 19.7 Å². The summed E-state index contributed by atoms with van der Waals surface area (Å²) in [7, 11) is 0. The number of para-hydroxylation sites is 1. The molecule has 0 atom stereocenters. The Morgan fingerprint density at radius 3 is 2.84 bits per heavy atom. The van der Waals surface area contributed by atoms with Crippen LogP contribution in [0.5, 0.6) is 0 Å². The van der Waals surface area contributed by atoms with Gasteiger partial charge in [-0.25, -0.2) is 14.6 Å². The van der Waals surface area contributed by atoms with Crippen LogP contribution in [0.25, 0.3) is 5.69 Å². The van der Waals surface area contributed by atoms with E-state index in [1.165, 1.54) is 0 Å². The first-order valence-electron chi connectivity index (χ1n) is 5.82. The first-order valence-corrected chi connectivity index (χ1v) is 7.69. The van der Waals surface area contributed by atoms with Crippen molar-refractivity contribution in [2.45, 2.75) is 17.8 Å². The lowest BCUT2D eigenvalue weighted by Crippen LogP contribution is -1.93. The Morgan fingerprint density at radius 1 is 1.26 bits per heavy atom. The van der Waals surface area contributed by atoms with Crippen molar-refractivity contribution in [1.29, 1.82) is 0 Å². The summed E-state index contributed by atoms with van der Waals surface area (Å²) in [5.41, 5.74) is 2.11. The number of aromatic nitrogens is 4. The number of benzene rings is 1. The van der Waals surface area contributed by atoms with Gasteiger partial charge < -0.3 is 0 Å². The highest BCUT2D eigenvalue weighted by molar-refractivity contribution is 7.98. The zero-order valence-corrected chi connectivity index (χ0v) is 12.0. The summed E-state index contributed by atoms with van der Waals surface area (Å²) < 4.78 is 1.79. The van der Waals surface area contributed by atoms with E-state index in [9.17, 15) is 0 Å². The van der Waals surface area contributed by atoms with Gasteiger partial charge in [-0.2, -0.15) is 0 Å². The standard InChI is InChI=1S/C13H12N4S2/c1-10-15-11(7-18-10)8-19-13-14-9-17(16-13)12-5-3-2-4-6-12/h2-7,9H,8H2,1H3. The molecule has 0 N–H and O–H groups in total. The smallest absolute Gasteiger partial charge is 0.209 e. The Bertz CT molecular complexity index is 660. The molecule has 0 aliphatic rings. The van der Waals surface area contributed by atoms with Crippen LogP contribution >= 0.6 is 23.1 Å². The van der Waals surface area contributed by atoms with Gasteiger partial charge in [0.05, 0.1) is 16.4 Å². The summed E-state index contributed by atoms with van der Waals surface area (Å²) in [6.07, 6.45) is 1.74. The third kappa shape index (κ3) is 3.02. The van der Waals surface area contributed by atoms with Crippen molar-refractivity contribution in [3.05, 3.63) is 52.7 Å². The van der Waals surface area contributed by atoms with Crippen molar-refractivity contribution in [3.63, 3.8) is 0 Å². The molecule has 19 heavy (non-hydrogen) atoms. The molecule has 0 saturated heterocycles. The van der Waals surface area contributed by atoms with Gasteiger partial charge in [0.25, 0.3) is 0 Å². The molecule has 0 aliphatic carbocycles. The van der Waals surface area contributed by atoms with E-state index >= 15 is 0 Å². The van der Waals surface area contributed by atoms with Crippen LogP contribution in [0.2, 0.25) is 0 Å². The minimum absolute atomic E-state index is 0.773. The quantitative estimate of drug-likeness (QED) is 0.691. The van der Waals surface area contributed by atoms with Crippen LogP contribution in [-0.2, 0) is 5.75 Å². The van der Waals surface area contributed by atoms with E-state index in [1.54, 1.807) is 34.1 Å². The Balaban J connectivity index is 1.68. The number of thiazole rings is 1. The maximum Gasteiger partial charge on any atom is 0.209 e. The molecule has 2 heterocycles. The molecule has 0 spiro atoms. The Hall–Kier alpha value is -1.66. The van der Waals surface area contributed by atoms with E-state index in [4.69, 9.17) is 0 Å². The number of thioether (sulfide) groups is 1. The van der Waals surface area contributed by atoms with E-state index in [0.717, 1.165) is 27.3 Å². The van der Waals surface area contributed by atoms with Crippen molar-refractivity contribution in [1.82, 2.24) is 19.7 Å². The molecule has 6 heteroatoms. The molecule has 4 nitrogen and oxygen atoms in total. The van der Waals surface area contributed by atoms with E-state index in [1.807, 2.05) is 37.3 Å². The van der Waals surface area contributed by atoms with Crippen LogP contribution in [0.15, 0.2) is 47.2 Å². The fraction of sp³-hybridized carbons (Fsp3) is 0.154. The second kappa shape index (κ2) is 5.54. The average Bonchev–Trinajstić information content (AvgIpc) is 3.06. The van der Waals surface area contributed by atoms with Gasteiger partial charge in [0.2, 0.25) is 5.16 Å². The maximum atomic E-state index is 4.45. The molecule has 0 radical (unpaired) electrons. The molecule has 0 bridgehead atoms. The van der Waals surface area contributed by atoms with Crippen molar-refractivity contribution in [2.75, 3.05) is 0 Å². The molecule has 0 saturated carbocycles. The lowest BCUT2D eigenvalue weighted by molar-refractivity contribution is 0.834. The largest absolute Gasteiger partial charge is 0.246 e.